The third-order valence-corrected chi connectivity index (χ3v) is 4.25. The number of rotatable bonds is 6. The molecular weight excluding hydrogens is 303 g/mol. The second-order valence-corrected chi connectivity index (χ2v) is 7.31. The maximum Gasteiger partial charge on any atom is 0.236 e. The molecule has 6 heteroatoms. The summed E-state index contributed by atoms with van der Waals surface area (Å²) in [6.07, 6.45) is 0. The largest absolute Gasteiger partial charge is 0.354 e. The molecule has 0 saturated heterocycles. The van der Waals surface area contributed by atoms with Crippen LogP contribution in [0.25, 0.3) is 0 Å². The van der Waals surface area contributed by atoms with Crippen molar-refractivity contribution >= 4 is 40.4 Å². The zero-order chi connectivity index (χ0) is 14.6. The standard InChI is InChI=1S/C13H20Cl2N2OS/c1-7(2)6-16-13(18)9(4)17-8(3)10-5-11(14)19-12(10)15/h5,7-9,17H,6H2,1-4H3,(H,16,18). The van der Waals surface area contributed by atoms with Gasteiger partial charge in [0, 0.05) is 12.6 Å². The van der Waals surface area contributed by atoms with Crippen LogP contribution in [0.5, 0.6) is 0 Å². The maximum absolute atomic E-state index is 11.9. The summed E-state index contributed by atoms with van der Waals surface area (Å²) in [7, 11) is 0. The third kappa shape index (κ3) is 5.30. The zero-order valence-corrected chi connectivity index (χ0v) is 13.9. The average Bonchev–Trinajstić information content (AvgIpc) is 2.65. The number of nitrogens with one attached hydrogen (secondary N) is 2. The molecule has 2 unspecified atom stereocenters. The van der Waals surface area contributed by atoms with Crippen molar-refractivity contribution in [2.75, 3.05) is 6.54 Å². The van der Waals surface area contributed by atoms with E-state index in [1.54, 1.807) is 0 Å². The second kappa shape index (κ2) is 7.48. The van der Waals surface area contributed by atoms with Gasteiger partial charge >= 0.3 is 0 Å². The van der Waals surface area contributed by atoms with Crippen molar-refractivity contribution < 1.29 is 4.79 Å². The maximum atomic E-state index is 11.9. The Morgan fingerprint density at radius 1 is 1.32 bits per heavy atom. The highest BCUT2D eigenvalue weighted by Crippen LogP contribution is 2.34. The molecule has 1 amide bonds. The molecule has 0 aliphatic heterocycles. The van der Waals surface area contributed by atoms with Gasteiger partial charge in [0.25, 0.3) is 0 Å². The van der Waals surface area contributed by atoms with Gasteiger partial charge in [-0.1, -0.05) is 37.0 Å². The molecule has 0 bridgehead atoms. The van der Waals surface area contributed by atoms with Crippen molar-refractivity contribution in [3.05, 3.63) is 20.3 Å². The van der Waals surface area contributed by atoms with E-state index in [-0.39, 0.29) is 18.0 Å². The normalized spacial score (nSPS) is 14.5. The van der Waals surface area contributed by atoms with E-state index in [2.05, 4.69) is 24.5 Å². The summed E-state index contributed by atoms with van der Waals surface area (Å²) in [6.45, 7) is 8.62. The van der Waals surface area contributed by atoms with Crippen molar-refractivity contribution in [3.8, 4) is 0 Å². The molecule has 1 aromatic heterocycles. The predicted octanol–water partition coefficient (Wildman–Crippen LogP) is 3.87. The minimum atomic E-state index is -0.275. The van der Waals surface area contributed by atoms with E-state index in [1.165, 1.54) is 11.3 Å². The molecule has 2 N–H and O–H groups in total. The number of thiophene rings is 1. The molecule has 0 saturated carbocycles. The van der Waals surface area contributed by atoms with Crippen LogP contribution in [0.3, 0.4) is 0 Å². The van der Waals surface area contributed by atoms with Gasteiger partial charge in [0.15, 0.2) is 0 Å². The van der Waals surface area contributed by atoms with E-state index >= 15 is 0 Å². The lowest BCUT2D eigenvalue weighted by Gasteiger charge is -2.20. The Hall–Kier alpha value is -0.290. The van der Waals surface area contributed by atoms with Crippen LogP contribution in [0.4, 0.5) is 0 Å². The van der Waals surface area contributed by atoms with Crippen LogP contribution < -0.4 is 10.6 Å². The number of amides is 1. The number of halogens is 2. The SMILES string of the molecule is CC(C)CNC(=O)C(C)NC(C)c1cc(Cl)sc1Cl. The molecule has 0 aliphatic rings. The van der Waals surface area contributed by atoms with E-state index in [9.17, 15) is 4.79 Å². The molecule has 1 rings (SSSR count). The minimum absolute atomic E-state index is 0.00185. The van der Waals surface area contributed by atoms with Crippen molar-refractivity contribution in [3.63, 3.8) is 0 Å². The molecule has 0 aliphatic carbocycles. The fourth-order valence-corrected chi connectivity index (χ4v) is 3.29. The lowest BCUT2D eigenvalue weighted by Crippen LogP contribution is -2.44. The summed E-state index contributed by atoms with van der Waals surface area (Å²) in [5.41, 5.74) is 0.931. The molecule has 1 aromatic rings. The molecule has 0 radical (unpaired) electrons. The smallest absolute Gasteiger partial charge is 0.236 e. The number of hydrogen-bond acceptors (Lipinski definition) is 3. The van der Waals surface area contributed by atoms with Crippen LogP contribution in [-0.2, 0) is 4.79 Å². The zero-order valence-electron chi connectivity index (χ0n) is 11.6. The van der Waals surface area contributed by atoms with Crippen LogP contribution in [0.15, 0.2) is 6.07 Å². The topological polar surface area (TPSA) is 41.1 Å². The Morgan fingerprint density at radius 2 is 1.95 bits per heavy atom. The predicted molar refractivity (Wildman–Crippen MR) is 83.2 cm³/mol. The second-order valence-electron chi connectivity index (χ2n) is 5.03. The molecular formula is C13H20Cl2N2OS. The Balaban J connectivity index is 2.54. The highest BCUT2D eigenvalue weighted by atomic mass is 35.5. The van der Waals surface area contributed by atoms with E-state index in [0.717, 1.165) is 5.56 Å². The van der Waals surface area contributed by atoms with Gasteiger partial charge in [-0.25, -0.2) is 0 Å². The first-order valence-corrected chi connectivity index (χ1v) is 7.87. The molecule has 0 fully saturated rings. The van der Waals surface area contributed by atoms with Crippen LogP contribution in [-0.4, -0.2) is 18.5 Å². The fraction of sp³-hybridized carbons (Fsp3) is 0.615. The summed E-state index contributed by atoms with van der Waals surface area (Å²) in [6, 6.07) is 1.55. The molecule has 0 aromatic carbocycles. The lowest BCUT2D eigenvalue weighted by atomic mass is 10.1. The van der Waals surface area contributed by atoms with Gasteiger partial charge in [0.2, 0.25) is 5.91 Å². The molecule has 3 nitrogen and oxygen atoms in total. The monoisotopic (exact) mass is 322 g/mol. The van der Waals surface area contributed by atoms with E-state index in [4.69, 9.17) is 23.2 Å². The molecule has 19 heavy (non-hydrogen) atoms. The first-order chi connectivity index (χ1) is 8.81. The van der Waals surface area contributed by atoms with Gasteiger partial charge in [0.1, 0.15) is 0 Å². The highest BCUT2D eigenvalue weighted by molar-refractivity contribution is 7.20. The Labute approximate surface area is 128 Å². The number of carbonyl (C=O) groups is 1. The quantitative estimate of drug-likeness (QED) is 0.834. The first-order valence-electron chi connectivity index (χ1n) is 6.29. The van der Waals surface area contributed by atoms with Gasteiger partial charge in [-0.15, -0.1) is 11.3 Å². The van der Waals surface area contributed by atoms with Gasteiger partial charge in [-0.05, 0) is 31.4 Å². The third-order valence-electron chi connectivity index (χ3n) is 2.73. The van der Waals surface area contributed by atoms with Gasteiger partial charge in [-0.3, -0.25) is 10.1 Å². The Bertz CT molecular complexity index is 434. The highest BCUT2D eigenvalue weighted by Gasteiger charge is 2.19. The van der Waals surface area contributed by atoms with Crippen molar-refractivity contribution in [1.82, 2.24) is 10.6 Å². The van der Waals surface area contributed by atoms with Gasteiger partial charge in [-0.2, -0.15) is 0 Å². The number of carbonyl (C=O) groups excluding carboxylic acids is 1. The molecule has 2 atom stereocenters. The van der Waals surface area contributed by atoms with Crippen LogP contribution in [0.1, 0.15) is 39.3 Å². The van der Waals surface area contributed by atoms with Crippen molar-refractivity contribution in [2.45, 2.75) is 39.8 Å². The Kier molecular flexibility index (Phi) is 6.60. The van der Waals surface area contributed by atoms with E-state index < -0.39 is 0 Å². The summed E-state index contributed by atoms with van der Waals surface area (Å²) in [5.74, 6) is 0.441. The molecule has 1 heterocycles. The van der Waals surface area contributed by atoms with Gasteiger partial charge < -0.3 is 5.32 Å². The fourth-order valence-electron chi connectivity index (χ4n) is 1.65. The van der Waals surface area contributed by atoms with Crippen molar-refractivity contribution in [1.29, 1.82) is 0 Å². The van der Waals surface area contributed by atoms with Crippen molar-refractivity contribution in [2.24, 2.45) is 5.92 Å². The van der Waals surface area contributed by atoms with E-state index in [0.29, 0.717) is 21.1 Å². The summed E-state index contributed by atoms with van der Waals surface area (Å²) >= 11 is 13.4. The number of hydrogen-bond donors (Lipinski definition) is 2. The summed E-state index contributed by atoms with van der Waals surface area (Å²) < 4.78 is 1.32. The van der Waals surface area contributed by atoms with Crippen LogP contribution in [0.2, 0.25) is 8.67 Å². The van der Waals surface area contributed by atoms with Crippen LogP contribution >= 0.6 is 34.5 Å². The molecule has 108 valence electrons. The lowest BCUT2D eigenvalue weighted by molar-refractivity contribution is -0.123. The minimum Gasteiger partial charge on any atom is -0.354 e. The summed E-state index contributed by atoms with van der Waals surface area (Å²) in [5, 5.41) is 6.13. The first kappa shape index (κ1) is 16.8. The van der Waals surface area contributed by atoms with E-state index in [1.807, 2.05) is 19.9 Å². The average molecular weight is 323 g/mol. The molecule has 0 spiro atoms. The van der Waals surface area contributed by atoms with Crippen LogP contribution in [0, 0.1) is 5.92 Å². The Morgan fingerprint density at radius 3 is 2.42 bits per heavy atom. The summed E-state index contributed by atoms with van der Waals surface area (Å²) in [4.78, 5) is 11.9. The van der Waals surface area contributed by atoms with Gasteiger partial charge in [0.05, 0.1) is 14.7 Å².